The Bertz CT molecular complexity index is 464. The van der Waals surface area contributed by atoms with E-state index in [0.717, 1.165) is 22.2 Å². The summed E-state index contributed by atoms with van der Waals surface area (Å²) in [6.07, 6.45) is 2.61. The van der Waals surface area contributed by atoms with E-state index in [2.05, 4.69) is 31.9 Å². The molecule has 1 aliphatic rings. The average Bonchev–Trinajstić information content (AvgIpc) is 2.69. The minimum Gasteiger partial charge on any atom is -0.354 e. The Kier molecular flexibility index (Phi) is 5.21. The van der Waals surface area contributed by atoms with Gasteiger partial charge in [0.05, 0.1) is 3.79 Å². The molecule has 1 aromatic heterocycles. The summed E-state index contributed by atoms with van der Waals surface area (Å²) in [7, 11) is 0. The van der Waals surface area contributed by atoms with E-state index in [4.69, 9.17) is 0 Å². The number of halogens is 1. The zero-order valence-electron chi connectivity index (χ0n) is 10.4. The van der Waals surface area contributed by atoms with Crippen molar-refractivity contribution in [3.63, 3.8) is 0 Å². The van der Waals surface area contributed by atoms with Crippen molar-refractivity contribution < 1.29 is 9.59 Å². The summed E-state index contributed by atoms with van der Waals surface area (Å²) >= 11 is 4.95. The van der Waals surface area contributed by atoms with E-state index in [-0.39, 0.29) is 11.9 Å². The van der Waals surface area contributed by atoms with Crippen LogP contribution in [0, 0.1) is 0 Å². The first-order valence-corrected chi connectivity index (χ1v) is 7.87. The van der Waals surface area contributed by atoms with Gasteiger partial charge in [-0.25, -0.2) is 4.79 Å². The normalized spacial score (nSPS) is 19.4. The SMILES string of the molecule is O=C(NCc1csc(Br)c1)N[C@H]1CCCCNC1=O. The number of carbonyl (C=O) groups excluding carboxylic acids is 2. The summed E-state index contributed by atoms with van der Waals surface area (Å²) < 4.78 is 1.04. The topological polar surface area (TPSA) is 70.2 Å². The number of hydrogen-bond donors (Lipinski definition) is 3. The van der Waals surface area contributed by atoms with Crippen molar-refractivity contribution in [3.05, 3.63) is 20.8 Å². The van der Waals surface area contributed by atoms with Crippen molar-refractivity contribution in [2.45, 2.75) is 31.8 Å². The third-order valence-corrected chi connectivity index (χ3v) is 4.47. The molecule has 0 aromatic carbocycles. The van der Waals surface area contributed by atoms with Crippen LogP contribution in [0.2, 0.25) is 0 Å². The van der Waals surface area contributed by atoms with Crippen molar-refractivity contribution in [3.8, 4) is 0 Å². The van der Waals surface area contributed by atoms with Gasteiger partial charge in [0.15, 0.2) is 0 Å². The lowest BCUT2D eigenvalue weighted by Gasteiger charge is -2.15. The summed E-state index contributed by atoms with van der Waals surface area (Å²) in [6.45, 7) is 1.16. The van der Waals surface area contributed by atoms with Crippen LogP contribution in [0.25, 0.3) is 0 Å². The highest BCUT2D eigenvalue weighted by Gasteiger charge is 2.22. The van der Waals surface area contributed by atoms with E-state index >= 15 is 0 Å². The fourth-order valence-corrected chi connectivity index (χ4v) is 3.12. The summed E-state index contributed by atoms with van der Waals surface area (Å²) in [5.74, 6) is -0.0917. The molecule has 19 heavy (non-hydrogen) atoms. The van der Waals surface area contributed by atoms with Crippen LogP contribution in [0.4, 0.5) is 4.79 Å². The molecule has 0 spiro atoms. The molecule has 1 fully saturated rings. The van der Waals surface area contributed by atoms with Crippen molar-refractivity contribution in [1.82, 2.24) is 16.0 Å². The molecule has 0 bridgehead atoms. The first-order valence-electron chi connectivity index (χ1n) is 6.20. The van der Waals surface area contributed by atoms with E-state index < -0.39 is 6.04 Å². The average molecular weight is 346 g/mol. The largest absolute Gasteiger partial charge is 0.354 e. The number of nitrogens with one attached hydrogen (secondary N) is 3. The van der Waals surface area contributed by atoms with Gasteiger partial charge in [-0.2, -0.15) is 0 Å². The van der Waals surface area contributed by atoms with Crippen LogP contribution < -0.4 is 16.0 Å². The Labute approximate surface area is 124 Å². The van der Waals surface area contributed by atoms with Gasteiger partial charge in [0.25, 0.3) is 0 Å². The number of urea groups is 1. The lowest BCUT2D eigenvalue weighted by Crippen LogP contribution is -2.48. The van der Waals surface area contributed by atoms with Gasteiger partial charge < -0.3 is 16.0 Å². The van der Waals surface area contributed by atoms with Gasteiger partial charge >= 0.3 is 6.03 Å². The summed E-state index contributed by atoms with van der Waals surface area (Å²) in [5.41, 5.74) is 1.04. The second kappa shape index (κ2) is 6.91. The van der Waals surface area contributed by atoms with Gasteiger partial charge in [-0.05, 0) is 52.2 Å². The minimum absolute atomic E-state index is 0.0917. The molecule has 0 aliphatic carbocycles. The zero-order valence-corrected chi connectivity index (χ0v) is 12.8. The number of rotatable bonds is 3. The maximum absolute atomic E-state index is 11.7. The Morgan fingerprint density at radius 1 is 1.53 bits per heavy atom. The summed E-state index contributed by atoms with van der Waals surface area (Å²) in [6, 6.07) is 1.24. The Morgan fingerprint density at radius 2 is 2.37 bits per heavy atom. The van der Waals surface area contributed by atoms with E-state index in [1.807, 2.05) is 11.4 Å². The maximum Gasteiger partial charge on any atom is 0.315 e. The van der Waals surface area contributed by atoms with E-state index in [1.54, 1.807) is 11.3 Å². The van der Waals surface area contributed by atoms with Crippen LogP contribution in [-0.4, -0.2) is 24.5 Å². The molecule has 104 valence electrons. The maximum atomic E-state index is 11.7. The van der Waals surface area contributed by atoms with Crippen LogP contribution in [-0.2, 0) is 11.3 Å². The monoisotopic (exact) mass is 345 g/mol. The van der Waals surface area contributed by atoms with Crippen molar-refractivity contribution in [2.24, 2.45) is 0 Å². The lowest BCUT2D eigenvalue weighted by molar-refractivity contribution is -0.122. The third kappa shape index (κ3) is 4.50. The van der Waals surface area contributed by atoms with Gasteiger partial charge in [0.2, 0.25) is 5.91 Å². The van der Waals surface area contributed by atoms with Gasteiger partial charge in [0.1, 0.15) is 6.04 Å². The molecule has 3 N–H and O–H groups in total. The molecule has 1 aromatic rings. The van der Waals surface area contributed by atoms with Crippen LogP contribution in [0.1, 0.15) is 24.8 Å². The van der Waals surface area contributed by atoms with Crippen LogP contribution in [0.5, 0.6) is 0 Å². The molecule has 2 rings (SSSR count). The molecule has 0 saturated carbocycles. The highest BCUT2D eigenvalue weighted by atomic mass is 79.9. The molecule has 1 atom stereocenters. The van der Waals surface area contributed by atoms with E-state index in [9.17, 15) is 9.59 Å². The molecule has 7 heteroatoms. The molecule has 3 amide bonds. The van der Waals surface area contributed by atoms with Crippen molar-refractivity contribution >= 4 is 39.2 Å². The second-order valence-corrected chi connectivity index (χ2v) is 6.72. The second-order valence-electron chi connectivity index (χ2n) is 4.43. The molecule has 0 unspecified atom stereocenters. The minimum atomic E-state index is -0.420. The predicted molar refractivity (Wildman–Crippen MR) is 78.0 cm³/mol. The molecular formula is C12H16BrN3O2S. The fraction of sp³-hybridized carbons (Fsp3) is 0.500. The first kappa shape index (κ1) is 14.3. The summed E-state index contributed by atoms with van der Waals surface area (Å²) in [5, 5.41) is 10.2. The number of thiophene rings is 1. The molecule has 0 radical (unpaired) electrons. The van der Waals surface area contributed by atoms with Crippen LogP contribution in [0.3, 0.4) is 0 Å². The smallest absolute Gasteiger partial charge is 0.315 e. The van der Waals surface area contributed by atoms with Gasteiger partial charge in [0, 0.05) is 13.1 Å². The Morgan fingerprint density at radius 3 is 3.11 bits per heavy atom. The molecule has 1 aliphatic heterocycles. The predicted octanol–water partition coefficient (Wildman–Crippen LogP) is 1.98. The lowest BCUT2D eigenvalue weighted by atomic mass is 10.1. The standard InChI is InChI=1S/C12H16BrN3O2S/c13-10-5-8(7-19-10)6-15-12(18)16-9-3-1-2-4-14-11(9)17/h5,7,9H,1-4,6H2,(H,14,17)(H2,15,16,18)/t9-/m0/s1. The van der Waals surface area contributed by atoms with E-state index in [1.165, 1.54) is 0 Å². The Hall–Kier alpha value is -1.08. The molecular weight excluding hydrogens is 330 g/mol. The third-order valence-electron chi connectivity index (χ3n) is 2.92. The molecule has 2 heterocycles. The highest BCUT2D eigenvalue weighted by Crippen LogP contribution is 2.20. The van der Waals surface area contributed by atoms with Crippen molar-refractivity contribution in [2.75, 3.05) is 6.54 Å². The summed E-state index contributed by atoms with van der Waals surface area (Å²) in [4.78, 5) is 23.4. The highest BCUT2D eigenvalue weighted by molar-refractivity contribution is 9.11. The zero-order chi connectivity index (χ0) is 13.7. The van der Waals surface area contributed by atoms with Gasteiger partial charge in [-0.1, -0.05) is 0 Å². The van der Waals surface area contributed by atoms with Crippen molar-refractivity contribution in [1.29, 1.82) is 0 Å². The fourth-order valence-electron chi connectivity index (χ4n) is 1.91. The Balaban J connectivity index is 1.78. The van der Waals surface area contributed by atoms with Crippen LogP contribution in [0.15, 0.2) is 15.2 Å². The van der Waals surface area contributed by atoms with E-state index in [0.29, 0.717) is 19.5 Å². The quantitative estimate of drug-likeness (QED) is 0.783. The molecule has 5 nitrogen and oxygen atoms in total. The van der Waals surface area contributed by atoms with Crippen LogP contribution >= 0.6 is 27.3 Å². The van der Waals surface area contributed by atoms with Gasteiger partial charge in [-0.15, -0.1) is 11.3 Å². The van der Waals surface area contributed by atoms with Gasteiger partial charge in [-0.3, -0.25) is 4.79 Å². The number of amides is 3. The number of hydrogen-bond acceptors (Lipinski definition) is 3. The first-order chi connectivity index (χ1) is 9.15. The number of carbonyl (C=O) groups is 2. The molecule has 1 saturated heterocycles.